The smallest absolute Gasteiger partial charge is 0.119 e. The second-order valence-electron chi connectivity index (χ2n) is 6.29. The Labute approximate surface area is 132 Å². The minimum absolute atomic E-state index is 0.508. The fraction of sp³-hybridized carbons (Fsp3) is 0.647. The molecule has 1 saturated heterocycles. The molecule has 0 saturated carbocycles. The van der Waals surface area contributed by atoms with Gasteiger partial charge in [-0.15, -0.1) is 0 Å². The molecule has 2 N–H and O–H groups in total. The maximum Gasteiger partial charge on any atom is 0.119 e. The molecule has 1 heterocycles. The average molecular weight is 309 g/mol. The first-order valence-electron chi connectivity index (χ1n) is 7.80. The SMILES string of the molecule is CC(C)COc1ccc(CNCC2(O)CCSCC2)cc1. The number of hydrogen-bond acceptors (Lipinski definition) is 4. The highest BCUT2D eigenvalue weighted by Crippen LogP contribution is 2.26. The van der Waals surface area contributed by atoms with E-state index in [1.807, 2.05) is 23.9 Å². The summed E-state index contributed by atoms with van der Waals surface area (Å²) in [6.45, 7) is 6.52. The Morgan fingerprint density at radius 3 is 2.52 bits per heavy atom. The summed E-state index contributed by atoms with van der Waals surface area (Å²) >= 11 is 1.93. The quantitative estimate of drug-likeness (QED) is 0.812. The maximum atomic E-state index is 10.4. The Bertz CT molecular complexity index is 413. The third-order valence-corrected chi connectivity index (χ3v) is 4.70. The van der Waals surface area contributed by atoms with Crippen LogP contribution in [0.1, 0.15) is 32.3 Å². The summed E-state index contributed by atoms with van der Waals surface area (Å²) in [5, 5.41) is 13.8. The molecule has 118 valence electrons. The van der Waals surface area contributed by atoms with Crippen molar-refractivity contribution in [2.45, 2.75) is 38.8 Å². The van der Waals surface area contributed by atoms with E-state index >= 15 is 0 Å². The van der Waals surface area contributed by atoms with Gasteiger partial charge in [-0.25, -0.2) is 0 Å². The number of aliphatic hydroxyl groups is 1. The van der Waals surface area contributed by atoms with E-state index in [9.17, 15) is 5.11 Å². The minimum Gasteiger partial charge on any atom is -0.493 e. The van der Waals surface area contributed by atoms with Gasteiger partial charge >= 0.3 is 0 Å². The minimum atomic E-state index is -0.508. The fourth-order valence-electron chi connectivity index (χ4n) is 2.33. The molecule has 0 atom stereocenters. The second kappa shape index (κ2) is 8.06. The zero-order chi connectivity index (χ0) is 15.1. The lowest BCUT2D eigenvalue weighted by Crippen LogP contribution is -2.43. The standard InChI is InChI=1S/C17H27NO2S/c1-14(2)12-20-16-5-3-15(4-6-16)11-18-13-17(19)7-9-21-10-8-17/h3-6,14,18-19H,7-13H2,1-2H3. The summed E-state index contributed by atoms with van der Waals surface area (Å²) < 4.78 is 5.68. The van der Waals surface area contributed by atoms with E-state index in [0.29, 0.717) is 12.5 Å². The molecule has 1 aromatic carbocycles. The van der Waals surface area contributed by atoms with Crippen molar-refractivity contribution >= 4 is 11.8 Å². The molecule has 1 aliphatic rings. The highest BCUT2D eigenvalue weighted by atomic mass is 32.2. The molecule has 1 fully saturated rings. The number of thioether (sulfide) groups is 1. The van der Waals surface area contributed by atoms with Gasteiger partial charge in [-0.05, 0) is 48.0 Å². The molecule has 0 amide bonds. The molecule has 2 rings (SSSR count). The Morgan fingerprint density at radius 1 is 1.24 bits per heavy atom. The van der Waals surface area contributed by atoms with E-state index in [0.717, 1.165) is 43.2 Å². The lowest BCUT2D eigenvalue weighted by atomic mass is 9.97. The topological polar surface area (TPSA) is 41.5 Å². The van der Waals surface area contributed by atoms with Crippen LogP contribution in [0.5, 0.6) is 5.75 Å². The number of hydrogen-bond donors (Lipinski definition) is 2. The number of ether oxygens (including phenoxy) is 1. The summed E-state index contributed by atoms with van der Waals surface area (Å²) in [6.07, 6.45) is 1.79. The largest absolute Gasteiger partial charge is 0.493 e. The number of rotatable bonds is 7. The van der Waals surface area contributed by atoms with Gasteiger partial charge in [-0.2, -0.15) is 11.8 Å². The van der Waals surface area contributed by atoms with Crippen LogP contribution < -0.4 is 10.1 Å². The van der Waals surface area contributed by atoms with Crippen LogP contribution in [0, 0.1) is 5.92 Å². The van der Waals surface area contributed by atoms with Gasteiger partial charge in [0, 0.05) is 13.1 Å². The molecule has 1 aliphatic heterocycles. The Kier molecular flexibility index (Phi) is 6.40. The lowest BCUT2D eigenvalue weighted by molar-refractivity contribution is 0.0320. The van der Waals surface area contributed by atoms with Crippen molar-refractivity contribution in [3.05, 3.63) is 29.8 Å². The third-order valence-electron chi connectivity index (χ3n) is 3.71. The summed E-state index contributed by atoms with van der Waals surface area (Å²) in [5.41, 5.74) is 0.714. The van der Waals surface area contributed by atoms with Crippen molar-refractivity contribution in [2.75, 3.05) is 24.7 Å². The van der Waals surface area contributed by atoms with Crippen LogP contribution in [0.25, 0.3) is 0 Å². The van der Waals surface area contributed by atoms with Gasteiger partial charge in [0.1, 0.15) is 5.75 Å². The van der Waals surface area contributed by atoms with E-state index in [1.165, 1.54) is 5.56 Å². The normalized spacial score (nSPS) is 17.9. The zero-order valence-electron chi connectivity index (χ0n) is 13.1. The second-order valence-corrected chi connectivity index (χ2v) is 7.51. The fourth-order valence-corrected chi connectivity index (χ4v) is 3.59. The van der Waals surface area contributed by atoms with E-state index in [4.69, 9.17) is 4.74 Å². The van der Waals surface area contributed by atoms with Crippen LogP contribution in [0.2, 0.25) is 0 Å². The van der Waals surface area contributed by atoms with Gasteiger partial charge in [-0.3, -0.25) is 0 Å². The molecule has 0 aliphatic carbocycles. The first-order chi connectivity index (χ1) is 10.1. The third kappa shape index (κ3) is 5.89. The monoisotopic (exact) mass is 309 g/mol. The molecule has 0 spiro atoms. The predicted molar refractivity (Wildman–Crippen MR) is 90.0 cm³/mol. The van der Waals surface area contributed by atoms with Gasteiger partial charge in [0.25, 0.3) is 0 Å². The van der Waals surface area contributed by atoms with Crippen LogP contribution >= 0.6 is 11.8 Å². The van der Waals surface area contributed by atoms with Crippen LogP contribution in [0.15, 0.2) is 24.3 Å². The first-order valence-corrected chi connectivity index (χ1v) is 8.95. The predicted octanol–water partition coefficient (Wildman–Crippen LogP) is 3.07. The van der Waals surface area contributed by atoms with E-state index < -0.39 is 5.60 Å². The summed E-state index contributed by atoms with van der Waals surface area (Å²) in [4.78, 5) is 0. The van der Waals surface area contributed by atoms with Crippen molar-refractivity contribution in [3.8, 4) is 5.75 Å². The van der Waals surface area contributed by atoms with Crippen LogP contribution in [-0.4, -0.2) is 35.4 Å². The molecule has 3 nitrogen and oxygen atoms in total. The van der Waals surface area contributed by atoms with Crippen molar-refractivity contribution in [1.82, 2.24) is 5.32 Å². The molecule has 1 aromatic rings. The first kappa shape index (κ1) is 16.7. The van der Waals surface area contributed by atoms with Crippen LogP contribution in [-0.2, 0) is 6.54 Å². The van der Waals surface area contributed by atoms with Crippen LogP contribution in [0.3, 0.4) is 0 Å². The summed E-state index contributed by atoms with van der Waals surface area (Å²) in [5.74, 6) is 3.61. The average Bonchev–Trinajstić information content (AvgIpc) is 2.47. The van der Waals surface area contributed by atoms with Gasteiger partial charge in [0.2, 0.25) is 0 Å². The molecular formula is C17H27NO2S. The van der Waals surface area contributed by atoms with Gasteiger partial charge in [0.05, 0.1) is 12.2 Å². The lowest BCUT2D eigenvalue weighted by Gasteiger charge is -2.32. The van der Waals surface area contributed by atoms with Crippen molar-refractivity contribution in [1.29, 1.82) is 0 Å². The molecule has 0 radical (unpaired) electrons. The zero-order valence-corrected chi connectivity index (χ0v) is 13.9. The van der Waals surface area contributed by atoms with Crippen molar-refractivity contribution in [2.24, 2.45) is 5.92 Å². The molecule has 0 bridgehead atoms. The highest BCUT2D eigenvalue weighted by molar-refractivity contribution is 7.99. The molecule has 0 aromatic heterocycles. The van der Waals surface area contributed by atoms with Gasteiger partial charge < -0.3 is 15.2 Å². The number of nitrogens with one attached hydrogen (secondary N) is 1. The molecule has 0 unspecified atom stereocenters. The molecular weight excluding hydrogens is 282 g/mol. The molecule has 4 heteroatoms. The van der Waals surface area contributed by atoms with Gasteiger partial charge in [-0.1, -0.05) is 26.0 Å². The number of benzene rings is 1. The van der Waals surface area contributed by atoms with E-state index in [-0.39, 0.29) is 0 Å². The van der Waals surface area contributed by atoms with E-state index in [2.05, 4.69) is 31.3 Å². The Morgan fingerprint density at radius 2 is 1.90 bits per heavy atom. The van der Waals surface area contributed by atoms with Crippen molar-refractivity contribution in [3.63, 3.8) is 0 Å². The highest BCUT2D eigenvalue weighted by Gasteiger charge is 2.28. The Hall–Kier alpha value is -0.710. The van der Waals surface area contributed by atoms with Crippen molar-refractivity contribution < 1.29 is 9.84 Å². The molecule has 21 heavy (non-hydrogen) atoms. The summed E-state index contributed by atoms with van der Waals surface area (Å²) in [7, 11) is 0. The van der Waals surface area contributed by atoms with E-state index in [1.54, 1.807) is 0 Å². The van der Waals surface area contributed by atoms with Gasteiger partial charge in [0.15, 0.2) is 0 Å². The Balaban J connectivity index is 1.73. The summed E-state index contributed by atoms with van der Waals surface area (Å²) in [6, 6.07) is 8.21. The van der Waals surface area contributed by atoms with Crippen LogP contribution in [0.4, 0.5) is 0 Å². The maximum absolute atomic E-state index is 10.4.